The highest BCUT2D eigenvalue weighted by Gasteiger charge is 2.20. The van der Waals surface area contributed by atoms with Crippen molar-refractivity contribution in [1.82, 2.24) is 5.04 Å². The summed E-state index contributed by atoms with van der Waals surface area (Å²) in [6.45, 7) is 0. The molecular weight excluding hydrogens is 133 g/mol. The Labute approximate surface area is 42.2 Å². The first-order valence-corrected chi connectivity index (χ1v) is 1.24. The molecule has 0 aliphatic rings. The second kappa shape index (κ2) is 4.26. The molecule has 8 heavy (non-hydrogen) atoms. The topological polar surface area (TPSA) is 48.2 Å². The second-order valence-corrected chi connectivity index (χ2v) is 0.569. The first kappa shape index (κ1) is 10.2. The molecule has 0 aromatic carbocycles. The molecule has 0 rings (SSSR count). The van der Waals surface area contributed by atoms with Crippen molar-refractivity contribution in [3.05, 3.63) is 9.81 Å². The SMILES string of the molecule is F[B-](F)(F)F.O=[N+]=O.[H+]. The number of halogens is 4. The Kier molecular flexibility index (Phi) is 5.41. The first-order valence-electron chi connectivity index (χ1n) is 1.24. The third-order valence-corrected chi connectivity index (χ3v) is 0. The lowest BCUT2D eigenvalue weighted by Crippen LogP contribution is -2.02. The Morgan fingerprint density at radius 2 is 1.12 bits per heavy atom. The van der Waals surface area contributed by atoms with E-state index in [0.29, 0.717) is 0 Å². The third-order valence-electron chi connectivity index (χ3n) is 0. The molecule has 0 aliphatic carbocycles. The van der Waals surface area contributed by atoms with Gasteiger partial charge in [-0.1, -0.05) is 0 Å². The van der Waals surface area contributed by atoms with Crippen molar-refractivity contribution in [2.45, 2.75) is 0 Å². The van der Waals surface area contributed by atoms with Crippen LogP contribution in [0.4, 0.5) is 17.3 Å². The summed E-state index contributed by atoms with van der Waals surface area (Å²) >= 11 is 0. The van der Waals surface area contributed by atoms with Crippen LogP contribution >= 0.6 is 0 Å². The number of rotatable bonds is 0. The van der Waals surface area contributed by atoms with Crippen molar-refractivity contribution in [2.75, 3.05) is 0 Å². The Morgan fingerprint density at radius 3 is 1.12 bits per heavy atom. The van der Waals surface area contributed by atoms with Gasteiger partial charge in [0.05, 0.1) is 0 Å². The second-order valence-electron chi connectivity index (χ2n) is 0.569. The van der Waals surface area contributed by atoms with Crippen molar-refractivity contribution in [3.63, 3.8) is 0 Å². The van der Waals surface area contributed by atoms with E-state index >= 15 is 0 Å². The molecule has 0 saturated heterocycles. The molecule has 0 amide bonds. The molecule has 0 fully saturated rings. The highest BCUT2D eigenvalue weighted by atomic mass is 19.5. The zero-order valence-corrected chi connectivity index (χ0v) is 3.35. The summed E-state index contributed by atoms with van der Waals surface area (Å²) in [6.07, 6.45) is 0. The van der Waals surface area contributed by atoms with Gasteiger partial charge in [-0.05, 0) is 0 Å². The monoisotopic (exact) mass is 134 g/mol. The zero-order valence-electron chi connectivity index (χ0n) is 4.35. The Bertz CT molecular complexity index is 79.1. The molecule has 0 aromatic rings. The fourth-order valence-electron chi connectivity index (χ4n) is 0. The fraction of sp³-hybridized carbons (Fsp3) is 0. The third kappa shape index (κ3) is 104. The van der Waals surface area contributed by atoms with Crippen LogP contribution in [0.1, 0.15) is 1.43 Å². The Hall–Kier alpha value is -0.905. The molecular formula is HBF4NO2+. The molecule has 48 valence electrons. The Morgan fingerprint density at radius 1 is 1.12 bits per heavy atom. The molecule has 0 aromatic heterocycles. The average molecular weight is 134 g/mol. The number of hydrogen-bond acceptors (Lipinski definition) is 2. The van der Waals surface area contributed by atoms with Crippen LogP contribution < -0.4 is 5.04 Å². The molecule has 0 spiro atoms. The van der Waals surface area contributed by atoms with Crippen LogP contribution in [0, 0.1) is 9.81 Å². The van der Waals surface area contributed by atoms with Gasteiger partial charge in [-0.3, -0.25) is 0 Å². The van der Waals surface area contributed by atoms with E-state index in [9.17, 15) is 17.3 Å². The van der Waals surface area contributed by atoms with E-state index in [4.69, 9.17) is 9.81 Å². The molecule has 0 bridgehead atoms. The summed E-state index contributed by atoms with van der Waals surface area (Å²) in [4.78, 5) is 16.0. The smallest absolute Gasteiger partial charge is 0.418 e. The van der Waals surface area contributed by atoms with Gasteiger partial charge in [0.2, 0.25) is 9.81 Å². The maximum atomic E-state index is 9.75. The molecule has 0 aliphatic heterocycles. The molecule has 0 unspecified atom stereocenters. The highest BCUT2D eigenvalue weighted by Crippen LogP contribution is 2.06. The maximum absolute atomic E-state index is 9.75. The van der Waals surface area contributed by atoms with E-state index in [0.717, 1.165) is 5.04 Å². The number of nitroso groups, excluding NO2 is 2. The van der Waals surface area contributed by atoms with Crippen molar-refractivity contribution < 1.29 is 18.7 Å². The lowest BCUT2D eigenvalue weighted by Gasteiger charge is -1.94. The summed E-state index contributed by atoms with van der Waals surface area (Å²) in [5.41, 5.74) is 0. The molecule has 0 saturated carbocycles. The summed E-state index contributed by atoms with van der Waals surface area (Å²) < 4.78 is 39.0. The van der Waals surface area contributed by atoms with Gasteiger partial charge in [-0.25, -0.2) is 0 Å². The summed E-state index contributed by atoms with van der Waals surface area (Å²) in [7, 11) is -6.00. The lowest BCUT2D eigenvalue weighted by atomic mass is 10.3. The van der Waals surface area contributed by atoms with Gasteiger partial charge >= 0.3 is 13.7 Å². The molecule has 0 N–H and O–H groups in total. The van der Waals surface area contributed by atoms with Crippen molar-refractivity contribution in [3.8, 4) is 0 Å². The average Bonchev–Trinajstić information content (AvgIpc) is 1.27. The van der Waals surface area contributed by atoms with Crippen molar-refractivity contribution in [1.29, 1.82) is 0 Å². The van der Waals surface area contributed by atoms with E-state index in [1.165, 1.54) is 0 Å². The molecule has 3 nitrogen and oxygen atoms in total. The van der Waals surface area contributed by atoms with Gasteiger partial charge in [-0.15, -0.1) is 0 Å². The number of hydrogen-bond donors (Lipinski definition) is 0. The van der Waals surface area contributed by atoms with Crippen molar-refractivity contribution >= 4 is 7.25 Å². The molecule has 0 atom stereocenters. The van der Waals surface area contributed by atoms with Crippen LogP contribution in [-0.2, 0) is 0 Å². The van der Waals surface area contributed by atoms with Gasteiger partial charge in [0.25, 0.3) is 0 Å². The van der Waals surface area contributed by atoms with E-state index in [1.807, 2.05) is 0 Å². The van der Waals surface area contributed by atoms with Gasteiger partial charge in [0.1, 0.15) is 0 Å². The lowest BCUT2D eigenvalue weighted by molar-refractivity contribution is 0.368. The predicted octanol–water partition coefficient (Wildman–Crippen LogP) is 0.999. The van der Waals surface area contributed by atoms with Crippen molar-refractivity contribution in [2.24, 2.45) is 0 Å². The first-order chi connectivity index (χ1) is 3.41. The molecule has 0 radical (unpaired) electrons. The van der Waals surface area contributed by atoms with Crippen LogP contribution in [0.15, 0.2) is 0 Å². The van der Waals surface area contributed by atoms with Crippen LogP contribution in [0.3, 0.4) is 0 Å². The predicted molar refractivity (Wildman–Crippen MR) is 20.2 cm³/mol. The summed E-state index contributed by atoms with van der Waals surface area (Å²) in [5, 5.41) is 1.00. The molecule has 0 heterocycles. The van der Waals surface area contributed by atoms with E-state index < -0.39 is 7.25 Å². The zero-order chi connectivity index (χ0) is 7.21. The fourth-order valence-corrected chi connectivity index (χ4v) is 0. The van der Waals surface area contributed by atoms with E-state index in [1.54, 1.807) is 0 Å². The highest BCUT2D eigenvalue weighted by molar-refractivity contribution is 6.50. The quantitative estimate of drug-likeness (QED) is 0.281. The number of nitrogens with zero attached hydrogens (tertiary/aromatic N) is 1. The van der Waals surface area contributed by atoms with Gasteiger partial charge < -0.3 is 17.3 Å². The van der Waals surface area contributed by atoms with E-state index in [2.05, 4.69) is 0 Å². The van der Waals surface area contributed by atoms with Gasteiger partial charge in [-0.2, -0.15) is 0 Å². The van der Waals surface area contributed by atoms with Crippen LogP contribution in [-0.4, -0.2) is 7.25 Å². The maximum Gasteiger partial charge on any atom is 1.00 e. The van der Waals surface area contributed by atoms with Crippen LogP contribution in [0.25, 0.3) is 0 Å². The molecule has 8 heteroatoms. The minimum Gasteiger partial charge on any atom is -0.418 e. The normalized spacial score (nSPS) is 8.50. The van der Waals surface area contributed by atoms with Gasteiger partial charge in [0, 0.05) is 0 Å². The summed E-state index contributed by atoms with van der Waals surface area (Å²) in [5.74, 6) is 0. The largest absolute Gasteiger partial charge is 1.00 e. The van der Waals surface area contributed by atoms with Crippen LogP contribution in [0.2, 0.25) is 0 Å². The minimum atomic E-state index is -6.00. The van der Waals surface area contributed by atoms with Crippen LogP contribution in [0.5, 0.6) is 0 Å². The summed E-state index contributed by atoms with van der Waals surface area (Å²) in [6, 6.07) is 0. The Balaban J connectivity index is -0.0000000800. The van der Waals surface area contributed by atoms with E-state index in [-0.39, 0.29) is 1.43 Å². The standard InChI is InChI=1S/BF4.NO2/c2-1(3,4)5;2-1-3/q-1;+1/p+1. The van der Waals surface area contributed by atoms with Gasteiger partial charge in [0.15, 0.2) is 0 Å². The minimum absolute atomic E-state index is 0.